The molecule has 206 valence electrons. The topological polar surface area (TPSA) is 239 Å². The summed E-state index contributed by atoms with van der Waals surface area (Å²) in [6, 6.07) is 7.69. The molecule has 0 aliphatic carbocycles. The molecule has 15 nitrogen and oxygen atoms in total. The summed E-state index contributed by atoms with van der Waals surface area (Å²) in [4.78, 5) is 8.20. The average Bonchev–Trinajstić information content (AvgIpc) is 3.25. The van der Waals surface area contributed by atoms with Gasteiger partial charge < -0.3 is 20.5 Å². The van der Waals surface area contributed by atoms with Gasteiger partial charge in [-0.2, -0.15) is 22.1 Å². The number of nitrogens with one attached hydrogen (secondary N) is 3. The summed E-state index contributed by atoms with van der Waals surface area (Å²) in [5.74, 6) is 2.13. The molecule has 0 amide bonds. The van der Waals surface area contributed by atoms with Gasteiger partial charge in [-0.05, 0) is 25.1 Å². The van der Waals surface area contributed by atoms with E-state index < -0.39 is 20.2 Å². The van der Waals surface area contributed by atoms with E-state index in [9.17, 15) is 16.8 Å². The summed E-state index contributed by atoms with van der Waals surface area (Å²) < 4.78 is 63.2. The van der Waals surface area contributed by atoms with Gasteiger partial charge >= 0.3 is 0 Å². The number of hydrazine groups is 1. The smallest absolute Gasteiger partial charge is 0.261 e. The monoisotopic (exact) mass is 561 g/mol. The molecule has 0 saturated carbocycles. The highest BCUT2D eigenvalue weighted by molar-refractivity contribution is 7.85. The van der Waals surface area contributed by atoms with Crippen LogP contribution in [0.5, 0.6) is 11.5 Å². The molecule has 1 aliphatic heterocycles. The van der Waals surface area contributed by atoms with Crippen LogP contribution in [0.3, 0.4) is 0 Å². The number of methoxy groups -OCH3 is 1. The first-order chi connectivity index (χ1) is 17.2. The van der Waals surface area contributed by atoms with E-state index in [0.29, 0.717) is 31.5 Å². The molecule has 0 radical (unpaired) electrons. The van der Waals surface area contributed by atoms with Gasteiger partial charge in [0.15, 0.2) is 5.69 Å². The van der Waals surface area contributed by atoms with E-state index in [2.05, 4.69) is 26.1 Å². The number of rotatable bonds is 8. The molecular formula is C20H31N7O8S2. The lowest BCUT2D eigenvalue weighted by atomic mass is 10.0. The van der Waals surface area contributed by atoms with Crippen LogP contribution < -0.4 is 31.4 Å². The molecule has 1 aromatic carbocycles. The number of hydrogen-bond donors (Lipinski definition) is 6. The second-order valence-corrected chi connectivity index (χ2v) is 10.4. The minimum atomic E-state index is -3.67. The number of anilines is 1. The summed E-state index contributed by atoms with van der Waals surface area (Å²) in [6.07, 6.45) is 5.85. The van der Waals surface area contributed by atoms with Crippen LogP contribution in [0.1, 0.15) is 30.1 Å². The van der Waals surface area contributed by atoms with Crippen molar-refractivity contribution >= 4 is 26.1 Å². The van der Waals surface area contributed by atoms with E-state index in [1.807, 2.05) is 24.3 Å². The molecule has 0 bridgehead atoms. The maximum Gasteiger partial charge on any atom is 0.261 e. The van der Waals surface area contributed by atoms with E-state index in [1.54, 1.807) is 7.11 Å². The molecule has 2 unspecified atom stereocenters. The Morgan fingerprint density at radius 2 is 1.76 bits per heavy atom. The first-order valence-electron chi connectivity index (χ1n) is 10.6. The first-order valence-corrected chi connectivity index (χ1v) is 14.3. The van der Waals surface area contributed by atoms with Gasteiger partial charge in [0.05, 0.1) is 56.4 Å². The molecule has 37 heavy (non-hydrogen) atoms. The highest BCUT2D eigenvalue weighted by Crippen LogP contribution is 2.37. The number of nitriles is 1. The zero-order valence-corrected chi connectivity index (χ0v) is 22.1. The van der Waals surface area contributed by atoms with Crippen LogP contribution in [0.25, 0.3) is 0 Å². The zero-order valence-electron chi connectivity index (χ0n) is 20.4. The Morgan fingerprint density at radius 1 is 1.14 bits per heavy atom. The molecule has 2 atom stereocenters. The van der Waals surface area contributed by atoms with Crippen LogP contribution >= 0.6 is 0 Å². The summed E-state index contributed by atoms with van der Waals surface area (Å²) in [5, 5.41) is 12.0. The van der Waals surface area contributed by atoms with Crippen molar-refractivity contribution in [2.75, 3.05) is 38.1 Å². The second-order valence-electron chi connectivity index (χ2n) is 7.50. The lowest BCUT2D eigenvalue weighted by Gasteiger charge is -2.19. The van der Waals surface area contributed by atoms with Crippen LogP contribution in [-0.4, -0.2) is 74.8 Å². The maximum atomic E-state index is 9.19. The normalized spacial score (nSPS) is 16.8. The third-order valence-corrected chi connectivity index (χ3v) is 4.19. The molecule has 17 heteroatoms. The SMILES string of the molecule is COc1cccc(OCCCN)c1C1CC(Nc2cnc(C#N)cn2)NN1.CS(=O)(=O)O.CS(=O)(=O)O. The Balaban J connectivity index is 0.000000583. The van der Waals surface area contributed by atoms with Crippen molar-refractivity contribution in [3.63, 3.8) is 0 Å². The Labute approximate surface area is 215 Å². The molecule has 2 aromatic rings. The van der Waals surface area contributed by atoms with Gasteiger partial charge in [0.25, 0.3) is 20.2 Å². The summed E-state index contributed by atoms with van der Waals surface area (Å²) in [7, 11) is -5.69. The molecule has 0 spiro atoms. The summed E-state index contributed by atoms with van der Waals surface area (Å²) in [6.45, 7) is 1.14. The van der Waals surface area contributed by atoms with E-state index in [1.165, 1.54) is 12.4 Å². The largest absolute Gasteiger partial charge is 0.496 e. The van der Waals surface area contributed by atoms with Crippen molar-refractivity contribution in [3.8, 4) is 17.6 Å². The van der Waals surface area contributed by atoms with E-state index in [4.69, 9.17) is 29.6 Å². The summed E-state index contributed by atoms with van der Waals surface area (Å²) in [5.41, 5.74) is 13.3. The molecule has 3 rings (SSSR count). The fourth-order valence-electron chi connectivity index (χ4n) is 2.92. The van der Waals surface area contributed by atoms with Gasteiger partial charge in [-0.25, -0.2) is 20.8 Å². The third-order valence-electron chi connectivity index (χ3n) is 4.19. The lowest BCUT2D eigenvalue weighted by Crippen LogP contribution is -2.36. The molecule has 1 fully saturated rings. The van der Waals surface area contributed by atoms with Crippen LogP contribution in [-0.2, 0) is 20.2 Å². The van der Waals surface area contributed by atoms with Crippen molar-refractivity contribution < 1.29 is 35.4 Å². The fraction of sp³-hybridized carbons (Fsp3) is 0.450. The number of nitrogens with zero attached hydrogens (tertiary/aromatic N) is 3. The number of ether oxygens (including phenoxy) is 2. The predicted molar refractivity (Wildman–Crippen MR) is 135 cm³/mol. The van der Waals surface area contributed by atoms with Crippen molar-refractivity contribution in [1.82, 2.24) is 20.8 Å². The van der Waals surface area contributed by atoms with Gasteiger partial charge in [0, 0.05) is 6.42 Å². The fourth-order valence-corrected chi connectivity index (χ4v) is 2.92. The van der Waals surface area contributed by atoms with E-state index in [-0.39, 0.29) is 17.9 Å². The Hall–Kier alpha value is -3.11. The second kappa shape index (κ2) is 15.2. The van der Waals surface area contributed by atoms with Crippen LogP contribution in [0.4, 0.5) is 5.82 Å². The molecule has 1 aliphatic rings. The van der Waals surface area contributed by atoms with Gasteiger partial charge in [-0.1, -0.05) is 6.07 Å². The first kappa shape index (κ1) is 31.9. The molecule has 1 aromatic heterocycles. The van der Waals surface area contributed by atoms with Crippen LogP contribution in [0.15, 0.2) is 30.6 Å². The minimum Gasteiger partial charge on any atom is -0.496 e. The number of aromatic nitrogens is 2. The van der Waals surface area contributed by atoms with Gasteiger partial charge in [-0.15, -0.1) is 0 Å². The molecule has 1 saturated heterocycles. The third kappa shape index (κ3) is 14.3. The molecular weight excluding hydrogens is 530 g/mol. The van der Waals surface area contributed by atoms with Crippen LogP contribution in [0, 0.1) is 11.3 Å². The highest BCUT2D eigenvalue weighted by atomic mass is 32.2. The Kier molecular flexibility index (Phi) is 13.1. The predicted octanol–water partition coefficient (Wildman–Crippen LogP) is 0.0697. The number of hydrogen-bond acceptors (Lipinski definition) is 13. The van der Waals surface area contributed by atoms with Crippen molar-refractivity contribution in [1.29, 1.82) is 5.26 Å². The van der Waals surface area contributed by atoms with Gasteiger partial charge in [0.2, 0.25) is 0 Å². The quantitative estimate of drug-likeness (QED) is 0.185. The Bertz CT molecular complexity index is 1190. The Morgan fingerprint density at radius 3 is 2.27 bits per heavy atom. The molecule has 2 heterocycles. The maximum absolute atomic E-state index is 9.19. The minimum absolute atomic E-state index is 0.0159. The van der Waals surface area contributed by atoms with Gasteiger partial charge in [0.1, 0.15) is 23.4 Å². The van der Waals surface area contributed by atoms with Crippen molar-refractivity contribution in [2.45, 2.75) is 25.0 Å². The molecule has 7 N–H and O–H groups in total. The highest BCUT2D eigenvalue weighted by Gasteiger charge is 2.30. The van der Waals surface area contributed by atoms with Crippen molar-refractivity contribution in [2.24, 2.45) is 5.73 Å². The lowest BCUT2D eigenvalue weighted by molar-refractivity contribution is 0.302. The number of benzene rings is 1. The van der Waals surface area contributed by atoms with E-state index in [0.717, 1.165) is 29.9 Å². The van der Waals surface area contributed by atoms with Gasteiger partial charge in [-0.3, -0.25) is 9.11 Å². The summed E-state index contributed by atoms with van der Waals surface area (Å²) >= 11 is 0. The zero-order chi connectivity index (χ0) is 28.1. The average molecular weight is 562 g/mol. The standard InChI is InChI=1S/C18H23N7O2.2CH4O3S/c1-26-14-4-2-5-15(27-7-3-6-19)18(14)13-8-16(25-24-13)23-17-11-21-12(9-20)10-22-17;2*1-5(2,3)4/h2,4-5,10-11,13,16,24-25H,3,6-8,19H2,1H3,(H,22,23);2*1H3,(H,2,3,4). The van der Waals surface area contributed by atoms with E-state index >= 15 is 0 Å². The number of nitrogens with two attached hydrogens (primary N) is 1. The van der Waals surface area contributed by atoms with Crippen molar-refractivity contribution in [3.05, 3.63) is 41.9 Å². The van der Waals surface area contributed by atoms with Crippen LogP contribution in [0.2, 0.25) is 0 Å².